The van der Waals surface area contributed by atoms with Crippen LogP contribution in [0.1, 0.15) is 58.8 Å². The molecule has 0 aromatic heterocycles. The molecule has 0 bridgehead atoms. The molecule has 1 rings (SSSR count). The third kappa shape index (κ3) is 7.73. The van der Waals surface area contributed by atoms with Crippen molar-refractivity contribution in [2.24, 2.45) is 5.92 Å². The van der Waals surface area contributed by atoms with Crippen LogP contribution in [0.4, 0.5) is 0 Å². The predicted molar refractivity (Wildman–Crippen MR) is 90.9 cm³/mol. The molecular formula is C18H36O4. The van der Waals surface area contributed by atoms with E-state index in [0.717, 1.165) is 13.0 Å². The maximum Gasteiger partial charge on any atom is 0.287 e. The number of unbranched alkanes of at least 4 members (excludes halogenated alkanes) is 5. The zero-order valence-corrected chi connectivity index (χ0v) is 15.2. The van der Waals surface area contributed by atoms with Gasteiger partial charge in [-0.15, -0.1) is 6.58 Å². The van der Waals surface area contributed by atoms with Gasteiger partial charge in [-0.05, 0) is 13.3 Å². The third-order valence-corrected chi connectivity index (χ3v) is 3.98. The van der Waals surface area contributed by atoms with Crippen molar-refractivity contribution in [3.05, 3.63) is 12.7 Å². The lowest BCUT2D eigenvalue weighted by molar-refractivity contribution is -0.381. The number of methoxy groups -OCH3 is 3. The van der Waals surface area contributed by atoms with Gasteiger partial charge in [-0.1, -0.05) is 51.5 Å². The van der Waals surface area contributed by atoms with E-state index < -0.39 is 5.97 Å². The van der Waals surface area contributed by atoms with Gasteiger partial charge in [0.1, 0.15) is 0 Å². The first-order chi connectivity index (χ1) is 10.7. The van der Waals surface area contributed by atoms with Gasteiger partial charge in [0.25, 0.3) is 5.97 Å². The second kappa shape index (κ2) is 13.1. The molecule has 0 radical (unpaired) electrons. The van der Waals surface area contributed by atoms with E-state index in [1.165, 1.54) is 38.5 Å². The first kappa shape index (κ1) is 21.6. The Morgan fingerprint density at radius 1 is 1.09 bits per heavy atom. The van der Waals surface area contributed by atoms with Crippen LogP contribution in [-0.2, 0) is 18.9 Å². The molecule has 0 aromatic carbocycles. The van der Waals surface area contributed by atoms with Crippen molar-refractivity contribution in [3.8, 4) is 0 Å². The van der Waals surface area contributed by atoms with Gasteiger partial charge in [0, 0.05) is 21.3 Å². The lowest BCUT2D eigenvalue weighted by Gasteiger charge is -2.35. The molecule has 1 saturated heterocycles. The van der Waals surface area contributed by atoms with Crippen LogP contribution in [0.25, 0.3) is 0 Å². The Morgan fingerprint density at radius 2 is 1.55 bits per heavy atom. The van der Waals surface area contributed by atoms with E-state index in [0.29, 0.717) is 0 Å². The normalized spacial score (nSPS) is 18.3. The van der Waals surface area contributed by atoms with E-state index >= 15 is 0 Å². The van der Waals surface area contributed by atoms with Crippen molar-refractivity contribution in [2.75, 3.05) is 27.9 Å². The highest BCUT2D eigenvalue weighted by Gasteiger charge is 2.49. The fourth-order valence-corrected chi connectivity index (χ4v) is 2.73. The van der Waals surface area contributed by atoms with Crippen molar-refractivity contribution in [1.29, 1.82) is 0 Å². The first-order valence-electron chi connectivity index (χ1n) is 8.49. The van der Waals surface area contributed by atoms with Crippen LogP contribution >= 0.6 is 0 Å². The molecule has 132 valence electrons. The number of epoxide rings is 1. The summed E-state index contributed by atoms with van der Waals surface area (Å²) in [5.41, 5.74) is 0. The zero-order valence-electron chi connectivity index (χ0n) is 15.2. The van der Waals surface area contributed by atoms with Crippen molar-refractivity contribution in [1.82, 2.24) is 0 Å². The van der Waals surface area contributed by atoms with Gasteiger partial charge in [0.2, 0.25) is 0 Å². The van der Waals surface area contributed by atoms with E-state index in [9.17, 15) is 0 Å². The minimum absolute atomic E-state index is 0.152. The number of hydrogen-bond acceptors (Lipinski definition) is 4. The number of ether oxygens (including phenoxy) is 4. The summed E-state index contributed by atoms with van der Waals surface area (Å²) in [7, 11) is 4.89. The summed E-state index contributed by atoms with van der Waals surface area (Å²) >= 11 is 0. The number of rotatable bonds is 12. The summed E-state index contributed by atoms with van der Waals surface area (Å²) in [5, 5.41) is 0. The number of allylic oxidation sites excluding steroid dienone is 1. The highest BCUT2D eigenvalue weighted by molar-refractivity contribution is 4.85. The fourth-order valence-electron chi connectivity index (χ4n) is 2.73. The van der Waals surface area contributed by atoms with E-state index in [4.69, 9.17) is 18.9 Å². The summed E-state index contributed by atoms with van der Waals surface area (Å²) in [6.45, 7) is 8.28. The Labute approximate surface area is 137 Å². The fraction of sp³-hybridized carbons (Fsp3) is 0.889. The molecule has 0 aliphatic carbocycles. The second-order valence-electron chi connectivity index (χ2n) is 5.66. The average molecular weight is 316 g/mol. The molecule has 0 N–H and O–H groups in total. The largest absolute Gasteiger partial charge is 0.372 e. The highest BCUT2D eigenvalue weighted by atomic mass is 16.9. The molecule has 0 aromatic rings. The van der Waals surface area contributed by atoms with Crippen LogP contribution in [-0.4, -0.2) is 40.0 Å². The molecule has 4 nitrogen and oxygen atoms in total. The van der Waals surface area contributed by atoms with Gasteiger partial charge in [-0.25, -0.2) is 0 Å². The molecule has 2 atom stereocenters. The Bertz CT molecular complexity index is 252. The summed E-state index contributed by atoms with van der Waals surface area (Å²) in [4.78, 5) is 0. The van der Waals surface area contributed by atoms with Gasteiger partial charge in [0.15, 0.2) is 0 Å². The smallest absolute Gasteiger partial charge is 0.287 e. The molecule has 1 aliphatic heterocycles. The highest BCUT2D eigenvalue weighted by Crippen LogP contribution is 2.37. The van der Waals surface area contributed by atoms with Crippen LogP contribution in [0.5, 0.6) is 0 Å². The molecule has 0 saturated carbocycles. The molecule has 4 heteroatoms. The summed E-state index contributed by atoms with van der Waals surface area (Å²) in [5.74, 6) is -0.802. The molecule has 1 fully saturated rings. The minimum Gasteiger partial charge on any atom is -0.372 e. The molecule has 0 spiro atoms. The lowest BCUT2D eigenvalue weighted by atomic mass is 9.94. The SMILES string of the molecule is C=CC.CCCCCCCCC(C1CO1)C(OC)(OC)OC. The second-order valence-corrected chi connectivity index (χ2v) is 5.66. The van der Waals surface area contributed by atoms with Gasteiger partial charge < -0.3 is 18.9 Å². The molecule has 1 heterocycles. The van der Waals surface area contributed by atoms with Gasteiger partial charge >= 0.3 is 0 Å². The summed E-state index contributed by atoms with van der Waals surface area (Å²) in [6.07, 6.45) is 10.7. The first-order valence-corrected chi connectivity index (χ1v) is 8.49. The Kier molecular flexibility index (Phi) is 12.8. The summed E-state index contributed by atoms with van der Waals surface area (Å²) < 4.78 is 21.9. The zero-order chi connectivity index (χ0) is 16.8. The van der Waals surface area contributed by atoms with Crippen LogP contribution in [0.15, 0.2) is 12.7 Å². The van der Waals surface area contributed by atoms with E-state index in [2.05, 4.69) is 13.5 Å². The minimum atomic E-state index is -0.954. The van der Waals surface area contributed by atoms with Crippen LogP contribution in [0.3, 0.4) is 0 Å². The predicted octanol–water partition coefficient (Wildman–Crippen LogP) is 4.54. The third-order valence-electron chi connectivity index (χ3n) is 3.98. The van der Waals surface area contributed by atoms with Crippen molar-refractivity contribution in [3.63, 3.8) is 0 Å². The number of hydrogen-bond donors (Lipinski definition) is 0. The van der Waals surface area contributed by atoms with E-state index in [1.807, 2.05) is 6.92 Å². The molecular weight excluding hydrogens is 280 g/mol. The van der Waals surface area contributed by atoms with Crippen LogP contribution in [0.2, 0.25) is 0 Å². The van der Waals surface area contributed by atoms with E-state index in [1.54, 1.807) is 27.4 Å². The van der Waals surface area contributed by atoms with Crippen molar-refractivity contribution in [2.45, 2.75) is 70.9 Å². The van der Waals surface area contributed by atoms with Crippen molar-refractivity contribution >= 4 is 0 Å². The monoisotopic (exact) mass is 316 g/mol. The summed E-state index contributed by atoms with van der Waals surface area (Å²) in [6, 6.07) is 0. The molecule has 22 heavy (non-hydrogen) atoms. The van der Waals surface area contributed by atoms with Gasteiger partial charge in [0.05, 0.1) is 18.6 Å². The van der Waals surface area contributed by atoms with Crippen LogP contribution < -0.4 is 0 Å². The maximum atomic E-state index is 5.47. The topological polar surface area (TPSA) is 40.2 Å². The molecule has 2 unspecified atom stereocenters. The Balaban J connectivity index is 0.00000135. The maximum absolute atomic E-state index is 5.47. The van der Waals surface area contributed by atoms with Crippen LogP contribution in [0, 0.1) is 5.92 Å². The molecule has 0 amide bonds. The van der Waals surface area contributed by atoms with Gasteiger partial charge in [-0.2, -0.15) is 0 Å². The van der Waals surface area contributed by atoms with E-state index in [-0.39, 0.29) is 12.0 Å². The Morgan fingerprint density at radius 3 is 1.95 bits per heavy atom. The van der Waals surface area contributed by atoms with Crippen molar-refractivity contribution < 1.29 is 18.9 Å². The quantitative estimate of drug-likeness (QED) is 0.229. The lowest BCUT2D eigenvalue weighted by Crippen LogP contribution is -2.46. The molecule has 1 aliphatic rings. The standard InChI is InChI=1S/C15H30O4.C3H6/c1-5-6-7-8-9-10-11-13(14-12-19-14)15(16-2,17-3)18-4;1-3-2/h13-14H,5-12H2,1-4H3;3H,1H2,2H3. The average Bonchev–Trinajstić information content (AvgIpc) is 3.36. The Hall–Kier alpha value is -0.420. The van der Waals surface area contributed by atoms with Gasteiger partial charge in [-0.3, -0.25) is 0 Å².